The summed E-state index contributed by atoms with van der Waals surface area (Å²) in [7, 11) is 3.55. The largest absolute Gasteiger partial charge is 0.493 e. The number of anilines is 1. The van der Waals surface area contributed by atoms with E-state index < -0.39 is 0 Å². The van der Waals surface area contributed by atoms with E-state index in [9.17, 15) is 9.59 Å². The molecular formula is C26H33N5O4. The Bertz CT molecular complexity index is 1360. The lowest BCUT2D eigenvalue weighted by atomic mass is 9.84. The number of nitrogens with zero attached hydrogens (tertiary/aromatic N) is 3. The molecule has 2 N–H and O–H groups in total. The van der Waals surface area contributed by atoms with Crippen molar-refractivity contribution in [2.24, 2.45) is 0 Å². The van der Waals surface area contributed by atoms with Crippen LogP contribution in [0.1, 0.15) is 54.0 Å². The van der Waals surface area contributed by atoms with Gasteiger partial charge in [0, 0.05) is 43.7 Å². The Morgan fingerprint density at radius 1 is 1.20 bits per heavy atom. The molecule has 0 aliphatic carbocycles. The van der Waals surface area contributed by atoms with E-state index in [2.05, 4.69) is 31.0 Å². The van der Waals surface area contributed by atoms with Crippen molar-refractivity contribution in [2.45, 2.75) is 39.7 Å². The second-order valence-corrected chi connectivity index (χ2v) is 9.75. The number of aromatic nitrogens is 2. The SMILES string of the molecule is CCOc1cc2cn(CC(=O)c3cc4c(c(C(C)(C)C)c3)OCCN4C)c(=N)n2cc1C(=O)NC. The standard InChI is InChI=1S/C26H33N5O4/c1-7-34-22-12-17-13-30(25(27)31(17)14-18(22)24(33)28-5)15-21(32)16-10-19(26(2,3)4)23-20(11-16)29(6)8-9-35-23/h10-14,27H,7-9,15H2,1-6H3,(H,28,33). The van der Waals surface area contributed by atoms with Gasteiger partial charge in [-0.15, -0.1) is 0 Å². The molecule has 0 spiro atoms. The van der Waals surface area contributed by atoms with Gasteiger partial charge >= 0.3 is 0 Å². The Balaban J connectivity index is 1.75. The van der Waals surface area contributed by atoms with Crippen molar-refractivity contribution in [3.63, 3.8) is 0 Å². The molecule has 35 heavy (non-hydrogen) atoms. The Kier molecular flexibility index (Phi) is 6.36. The van der Waals surface area contributed by atoms with Crippen LogP contribution >= 0.6 is 0 Å². The van der Waals surface area contributed by atoms with E-state index in [4.69, 9.17) is 14.9 Å². The minimum absolute atomic E-state index is 0.00721. The van der Waals surface area contributed by atoms with Gasteiger partial charge in [-0.25, -0.2) is 0 Å². The summed E-state index contributed by atoms with van der Waals surface area (Å²) in [4.78, 5) is 27.9. The first-order valence-electron chi connectivity index (χ1n) is 11.8. The number of imidazole rings is 1. The third-order valence-corrected chi connectivity index (χ3v) is 6.24. The molecule has 3 heterocycles. The van der Waals surface area contributed by atoms with Crippen LogP contribution in [0.3, 0.4) is 0 Å². The summed E-state index contributed by atoms with van der Waals surface area (Å²) in [6, 6.07) is 5.51. The van der Waals surface area contributed by atoms with Crippen LogP contribution in [0, 0.1) is 5.41 Å². The van der Waals surface area contributed by atoms with E-state index in [0.717, 1.165) is 23.5 Å². The number of likely N-dealkylation sites (N-methyl/N-ethyl adjacent to an activating group) is 1. The lowest BCUT2D eigenvalue weighted by Gasteiger charge is -2.33. The van der Waals surface area contributed by atoms with Crippen molar-refractivity contribution in [3.8, 4) is 11.5 Å². The second-order valence-electron chi connectivity index (χ2n) is 9.75. The lowest BCUT2D eigenvalue weighted by Crippen LogP contribution is -2.31. The van der Waals surface area contributed by atoms with Crippen molar-refractivity contribution < 1.29 is 19.1 Å². The minimum atomic E-state index is -0.304. The lowest BCUT2D eigenvalue weighted by molar-refractivity contribution is 0.0953. The molecule has 1 aliphatic heterocycles. The Morgan fingerprint density at radius 2 is 1.94 bits per heavy atom. The highest BCUT2D eigenvalue weighted by molar-refractivity contribution is 5.98. The first-order valence-corrected chi connectivity index (χ1v) is 11.8. The summed E-state index contributed by atoms with van der Waals surface area (Å²) >= 11 is 0. The van der Waals surface area contributed by atoms with Crippen LogP contribution < -0.4 is 25.3 Å². The molecule has 9 nitrogen and oxygen atoms in total. The van der Waals surface area contributed by atoms with Crippen LogP contribution in [0.25, 0.3) is 5.52 Å². The molecule has 1 aliphatic rings. The number of carbonyl (C=O) groups excluding carboxylic acids is 2. The molecule has 1 aromatic carbocycles. The van der Waals surface area contributed by atoms with Crippen LogP contribution in [-0.4, -0.2) is 54.5 Å². The van der Waals surface area contributed by atoms with Crippen LogP contribution in [-0.2, 0) is 12.0 Å². The van der Waals surface area contributed by atoms with Gasteiger partial charge in [0.1, 0.15) is 18.1 Å². The fourth-order valence-corrected chi connectivity index (χ4v) is 4.31. The molecule has 0 saturated carbocycles. The quantitative estimate of drug-likeness (QED) is 0.530. The third kappa shape index (κ3) is 4.50. The van der Waals surface area contributed by atoms with Crippen molar-refractivity contribution in [1.82, 2.24) is 14.3 Å². The molecular weight excluding hydrogens is 446 g/mol. The molecule has 1 amide bonds. The molecule has 186 valence electrons. The highest BCUT2D eigenvalue weighted by atomic mass is 16.5. The molecule has 0 bridgehead atoms. The van der Waals surface area contributed by atoms with Crippen molar-refractivity contribution in [2.75, 3.05) is 38.8 Å². The number of ketones is 1. The Labute approximate surface area is 204 Å². The van der Waals surface area contributed by atoms with E-state index in [1.807, 2.05) is 26.1 Å². The highest BCUT2D eigenvalue weighted by Gasteiger charge is 2.28. The zero-order chi connectivity index (χ0) is 25.5. The summed E-state index contributed by atoms with van der Waals surface area (Å²) in [6.45, 7) is 9.91. The first kappa shape index (κ1) is 24.4. The van der Waals surface area contributed by atoms with Gasteiger partial charge in [0.05, 0.1) is 36.5 Å². The molecule has 4 rings (SSSR count). The fraction of sp³-hybridized carbons (Fsp3) is 0.423. The molecule has 2 aromatic heterocycles. The maximum atomic E-state index is 13.4. The maximum absolute atomic E-state index is 13.4. The van der Waals surface area contributed by atoms with Gasteiger partial charge < -0.3 is 24.3 Å². The summed E-state index contributed by atoms with van der Waals surface area (Å²) < 4.78 is 14.8. The van der Waals surface area contributed by atoms with Gasteiger partial charge in [0.25, 0.3) is 5.91 Å². The normalized spacial score (nSPS) is 13.4. The highest BCUT2D eigenvalue weighted by Crippen LogP contribution is 2.41. The molecule has 0 saturated heterocycles. The van der Waals surface area contributed by atoms with E-state index in [1.54, 1.807) is 34.5 Å². The monoisotopic (exact) mass is 479 g/mol. The summed E-state index contributed by atoms with van der Waals surface area (Å²) in [6.07, 6.45) is 3.31. The molecule has 0 atom stereocenters. The average molecular weight is 480 g/mol. The first-order chi connectivity index (χ1) is 16.5. The van der Waals surface area contributed by atoms with Gasteiger partial charge in [0.15, 0.2) is 5.78 Å². The second kappa shape index (κ2) is 9.13. The number of rotatable bonds is 6. The minimum Gasteiger partial charge on any atom is -0.493 e. The summed E-state index contributed by atoms with van der Waals surface area (Å²) in [5.74, 6) is 0.851. The number of pyridine rings is 1. The molecule has 0 fully saturated rings. The predicted octanol–water partition coefficient (Wildman–Crippen LogP) is 2.99. The topological polar surface area (TPSA) is 101 Å². The van der Waals surface area contributed by atoms with E-state index in [-0.39, 0.29) is 29.3 Å². The van der Waals surface area contributed by atoms with Crippen LogP contribution in [0.5, 0.6) is 11.5 Å². The van der Waals surface area contributed by atoms with Gasteiger partial charge in [-0.3, -0.25) is 19.4 Å². The maximum Gasteiger partial charge on any atom is 0.256 e. The van der Waals surface area contributed by atoms with E-state index in [1.165, 1.54) is 0 Å². The number of benzene rings is 1. The predicted molar refractivity (Wildman–Crippen MR) is 134 cm³/mol. The van der Waals surface area contributed by atoms with Gasteiger partial charge in [-0.05, 0) is 24.5 Å². The number of amides is 1. The number of hydrogen-bond donors (Lipinski definition) is 2. The molecule has 3 aromatic rings. The number of fused-ring (bicyclic) bond motifs is 2. The average Bonchev–Trinajstić information content (AvgIpc) is 3.11. The number of nitrogens with one attached hydrogen (secondary N) is 2. The fourth-order valence-electron chi connectivity index (χ4n) is 4.31. The Morgan fingerprint density at radius 3 is 2.60 bits per heavy atom. The number of hydrogen-bond acceptors (Lipinski definition) is 6. The molecule has 9 heteroatoms. The number of Topliss-reactive ketones (excluding diaryl/α,β-unsaturated/α-hetero) is 1. The zero-order valence-electron chi connectivity index (χ0n) is 21.2. The third-order valence-electron chi connectivity index (χ3n) is 6.24. The summed E-state index contributed by atoms with van der Waals surface area (Å²) in [5.41, 5.74) is 3.35. The number of carbonyl (C=O) groups is 2. The van der Waals surface area contributed by atoms with Crippen LogP contribution in [0.4, 0.5) is 5.69 Å². The van der Waals surface area contributed by atoms with Gasteiger partial charge in [-0.2, -0.15) is 0 Å². The summed E-state index contributed by atoms with van der Waals surface area (Å²) in [5, 5.41) is 11.2. The van der Waals surface area contributed by atoms with E-state index in [0.29, 0.717) is 35.6 Å². The van der Waals surface area contributed by atoms with Gasteiger partial charge in [0.2, 0.25) is 5.62 Å². The van der Waals surface area contributed by atoms with Crippen LogP contribution in [0.15, 0.2) is 30.6 Å². The van der Waals surface area contributed by atoms with Crippen molar-refractivity contribution >= 4 is 22.9 Å². The smallest absolute Gasteiger partial charge is 0.256 e. The Hall–Kier alpha value is -3.75. The van der Waals surface area contributed by atoms with Crippen molar-refractivity contribution in [1.29, 1.82) is 5.41 Å². The molecule has 0 unspecified atom stereocenters. The molecule has 0 radical (unpaired) electrons. The van der Waals surface area contributed by atoms with Crippen LogP contribution in [0.2, 0.25) is 0 Å². The zero-order valence-corrected chi connectivity index (χ0v) is 21.2. The van der Waals surface area contributed by atoms with Gasteiger partial charge in [-0.1, -0.05) is 20.8 Å². The number of ether oxygens (including phenoxy) is 2. The van der Waals surface area contributed by atoms with Crippen molar-refractivity contribution in [3.05, 3.63) is 52.9 Å². The van der Waals surface area contributed by atoms with E-state index >= 15 is 0 Å².